The first-order valence-corrected chi connectivity index (χ1v) is 16.4. The van der Waals surface area contributed by atoms with E-state index in [4.69, 9.17) is 21.1 Å². The molecule has 5 nitrogen and oxygen atoms in total. The van der Waals surface area contributed by atoms with E-state index in [9.17, 15) is 4.79 Å². The first-order valence-electron chi connectivity index (χ1n) is 15.0. The number of amides is 1. The van der Waals surface area contributed by atoms with Crippen molar-refractivity contribution < 1.29 is 14.3 Å². The highest BCUT2D eigenvalue weighted by Crippen LogP contribution is 2.31. The van der Waals surface area contributed by atoms with Crippen LogP contribution in [0.2, 0.25) is 5.02 Å². The van der Waals surface area contributed by atoms with Gasteiger partial charge in [0.15, 0.2) is 18.1 Å². The summed E-state index contributed by atoms with van der Waals surface area (Å²) < 4.78 is 11.8. The van der Waals surface area contributed by atoms with Crippen molar-refractivity contribution in [2.75, 3.05) is 24.4 Å². The van der Waals surface area contributed by atoms with Crippen molar-refractivity contribution in [3.8, 4) is 11.5 Å². The summed E-state index contributed by atoms with van der Waals surface area (Å²) in [5, 5.41) is 5.68. The summed E-state index contributed by atoms with van der Waals surface area (Å²) in [6.45, 7) is 5.77. The van der Waals surface area contributed by atoms with Gasteiger partial charge in [0.05, 0.1) is 12.5 Å². The van der Waals surface area contributed by atoms with Gasteiger partial charge in [0.2, 0.25) is 0 Å². The third-order valence-corrected chi connectivity index (χ3v) is 8.32. The normalized spacial score (nSPS) is 12.9. The van der Waals surface area contributed by atoms with Crippen molar-refractivity contribution in [3.63, 3.8) is 0 Å². The smallest absolute Gasteiger partial charge is 0.262 e. The minimum absolute atomic E-state index is 0.104. The Kier molecular flexibility index (Phi) is 15.2. The van der Waals surface area contributed by atoms with Crippen molar-refractivity contribution in [1.82, 2.24) is 4.90 Å². The highest BCUT2D eigenvalue weighted by Gasteiger charge is 2.13. The zero-order chi connectivity index (χ0) is 28.4. The molecule has 1 aliphatic heterocycles. The van der Waals surface area contributed by atoms with E-state index < -0.39 is 0 Å². The Morgan fingerprint density at radius 1 is 0.875 bits per heavy atom. The summed E-state index contributed by atoms with van der Waals surface area (Å²) in [6.07, 6.45) is 15.7. The fourth-order valence-electron chi connectivity index (χ4n) is 4.69. The Hall–Kier alpha value is -2.31. The summed E-state index contributed by atoms with van der Waals surface area (Å²) in [6, 6.07) is 13.2. The Morgan fingerprint density at radius 3 is 2.15 bits per heavy atom. The molecule has 0 aromatic heterocycles. The molecule has 1 aliphatic rings. The largest absolute Gasteiger partial charge is 0.490 e. The number of nitrogens with zero attached hydrogens (tertiary/aromatic N) is 1. The maximum Gasteiger partial charge on any atom is 0.262 e. The highest BCUT2D eigenvalue weighted by molar-refractivity contribution is 8.02. The zero-order valence-electron chi connectivity index (χ0n) is 24.4. The number of rotatable bonds is 20. The lowest BCUT2D eigenvalue weighted by Crippen LogP contribution is -2.20. The molecule has 0 spiro atoms. The van der Waals surface area contributed by atoms with E-state index in [1.807, 2.05) is 36.0 Å². The highest BCUT2D eigenvalue weighted by atomic mass is 35.5. The lowest BCUT2D eigenvalue weighted by molar-refractivity contribution is -0.118. The molecule has 220 valence electrons. The number of nitrogens with one attached hydrogen (secondary N) is 1. The second kappa shape index (κ2) is 18.9. The molecule has 3 rings (SSSR count). The van der Waals surface area contributed by atoms with Crippen molar-refractivity contribution in [2.45, 2.75) is 97.4 Å². The van der Waals surface area contributed by atoms with Crippen LogP contribution in [0, 0.1) is 0 Å². The SMILES string of the molecule is CCCCCCCCCCCCCCOc1cc(Cl)ccc1OCC(=O)Nc1ccc(CN2CSC=C2C)cc1. The molecule has 0 saturated heterocycles. The molecule has 1 N–H and O–H groups in total. The van der Waals surface area contributed by atoms with Crippen molar-refractivity contribution in [3.05, 3.63) is 64.2 Å². The minimum atomic E-state index is -0.218. The standard InChI is InChI=1S/C33H47ClN2O3S/c1-3-4-5-6-7-8-9-10-11-12-13-14-21-38-32-22-29(34)17-20-31(32)39-24-33(37)35-30-18-15-28(16-19-30)23-36-26-40-25-27(36)2/h15-20,22,25H,3-14,21,23-24,26H2,1-2H3,(H,35,37). The third-order valence-electron chi connectivity index (χ3n) is 7.11. The maximum absolute atomic E-state index is 12.5. The molecule has 0 unspecified atom stereocenters. The first-order chi connectivity index (χ1) is 19.5. The number of carbonyl (C=O) groups excluding carboxylic acids is 1. The van der Waals surface area contributed by atoms with Gasteiger partial charge in [0.1, 0.15) is 0 Å². The van der Waals surface area contributed by atoms with Gasteiger partial charge in [-0.15, -0.1) is 11.8 Å². The van der Waals surface area contributed by atoms with Gasteiger partial charge in [0, 0.05) is 29.0 Å². The lowest BCUT2D eigenvalue weighted by Gasteiger charge is -2.19. The second-order valence-electron chi connectivity index (χ2n) is 10.6. The molecule has 40 heavy (non-hydrogen) atoms. The van der Waals surface area contributed by atoms with Gasteiger partial charge in [0.25, 0.3) is 5.91 Å². The molecule has 2 aromatic carbocycles. The molecule has 7 heteroatoms. The molecule has 0 fully saturated rings. The molecule has 0 aliphatic carbocycles. The summed E-state index contributed by atoms with van der Waals surface area (Å²) >= 11 is 8.01. The molecule has 0 atom stereocenters. The van der Waals surface area contributed by atoms with Crippen molar-refractivity contribution >= 4 is 35.0 Å². The molecular formula is C33H47ClN2O3S. The van der Waals surface area contributed by atoms with Crippen LogP contribution in [-0.4, -0.2) is 29.9 Å². The third kappa shape index (κ3) is 12.5. The van der Waals surface area contributed by atoms with Gasteiger partial charge in [-0.25, -0.2) is 0 Å². The molecule has 1 heterocycles. The van der Waals surface area contributed by atoms with E-state index in [-0.39, 0.29) is 12.5 Å². The number of halogens is 1. The van der Waals surface area contributed by atoms with Gasteiger partial charge >= 0.3 is 0 Å². The van der Waals surface area contributed by atoms with Crippen LogP contribution in [0.15, 0.2) is 53.6 Å². The number of unbranched alkanes of at least 4 members (excludes halogenated alkanes) is 11. The van der Waals surface area contributed by atoms with Crippen LogP contribution in [0.4, 0.5) is 5.69 Å². The molecule has 2 aromatic rings. The fourth-order valence-corrected chi connectivity index (χ4v) is 5.79. The monoisotopic (exact) mass is 586 g/mol. The van der Waals surface area contributed by atoms with Gasteiger partial charge in [-0.1, -0.05) is 101 Å². The Morgan fingerprint density at radius 2 is 1.52 bits per heavy atom. The number of hydrogen-bond donors (Lipinski definition) is 1. The number of thioether (sulfide) groups is 1. The van der Waals surface area contributed by atoms with Crippen molar-refractivity contribution in [1.29, 1.82) is 0 Å². The number of carbonyl (C=O) groups is 1. The Bertz CT molecular complexity index is 1040. The molecule has 1 amide bonds. The average molecular weight is 587 g/mol. The van der Waals surface area contributed by atoms with Crippen LogP contribution in [0.5, 0.6) is 11.5 Å². The van der Waals surface area contributed by atoms with Crippen molar-refractivity contribution in [2.24, 2.45) is 0 Å². The summed E-state index contributed by atoms with van der Waals surface area (Å²) in [5.41, 5.74) is 3.25. The Balaban J connectivity index is 1.30. The van der Waals surface area contributed by atoms with Crippen LogP contribution < -0.4 is 14.8 Å². The number of hydrogen-bond acceptors (Lipinski definition) is 5. The number of ether oxygens (including phenoxy) is 2. The molecule has 0 saturated carbocycles. The second-order valence-corrected chi connectivity index (χ2v) is 11.9. The van der Waals surface area contributed by atoms with Crippen LogP contribution >= 0.6 is 23.4 Å². The number of anilines is 1. The predicted octanol–water partition coefficient (Wildman–Crippen LogP) is 9.80. The van der Waals surface area contributed by atoms with E-state index in [1.165, 1.54) is 75.5 Å². The zero-order valence-corrected chi connectivity index (χ0v) is 26.0. The predicted molar refractivity (Wildman–Crippen MR) is 170 cm³/mol. The van der Waals surface area contributed by atoms with E-state index in [0.717, 1.165) is 31.0 Å². The van der Waals surface area contributed by atoms with Crippen LogP contribution in [0.3, 0.4) is 0 Å². The van der Waals surface area contributed by atoms with E-state index in [2.05, 4.69) is 29.5 Å². The van der Waals surface area contributed by atoms with Crippen LogP contribution in [0.1, 0.15) is 96.5 Å². The fraction of sp³-hybridized carbons (Fsp3) is 0.545. The molecule has 0 radical (unpaired) electrons. The van der Waals surface area contributed by atoms with Gasteiger partial charge < -0.3 is 19.7 Å². The number of allylic oxidation sites excluding steroid dienone is 1. The lowest BCUT2D eigenvalue weighted by atomic mass is 10.1. The van der Waals surface area contributed by atoms with Crippen LogP contribution in [0.25, 0.3) is 0 Å². The average Bonchev–Trinajstić information content (AvgIpc) is 3.35. The van der Waals surface area contributed by atoms with Crippen LogP contribution in [-0.2, 0) is 11.3 Å². The summed E-state index contributed by atoms with van der Waals surface area (Å²) in [5.74, 6) is 1.87. The molecular weight excluding hydrogens is 540 g/mol. The van der Waals surface area contributed by atoms with E-state index in [0.29, 0.717) is 23.1 Å². The van der Waals surface area contributed by atoms with E-state index in [1.54, 1.807) is 18.2 Å². The topological polar surface area (TPSA) is 50.8 Å². The minimum Gasteiger partial charge on any atom is -0.490 e. The quantitative estimate of drug-likeness (QED) is 0.156. The van der Waals surface area contributed by atoms with E-state index >= 15 is 0 Å². The molecule has 0 bridgehead atoms. The maximum atomic E-state index is 12.5. The van der Waals surface area contributed by atoms with Gasteiger partial charge in [-0.05, 0) is 48.6 Å². The summed E-state index contributed by atoms with van der Waals surface area (Å²) in [4.78, 5) is 14.9. The first kappa shape index (κ1) is 32.2. The van der Waals surface area contributed by atoms with Gasteiger partial charge in [-0.3, -0.25) is 4.79 Å². The van der Waals surface area contributed by atoms with Gasteiger partial charge in [-0.2, -0.15) is 0 Å². The Labute approximate surface area is 251 Å². The number of benzene rings is 2. The summed E-state index contributed by atoms with van der Waals surface area (Å²) in [7, 11) is 0.